The monoisotopic (exact) mass is 463 g/mol. The van der Waals surface area contributed by atoms with Gasteiger partial charge in [-0.3, -0.25) is 5.32 Å². The number of hydrogen-bond acceptors (Lipinski definition) is 7. The van der Waals surface area contributed by atoms with Crippen molar-refractivity contribution in [3.63, 3.8) is 0 Å². The molecule has 3 aromatic rings. The first-order valence-electron chi connectivity index (χ1n) is 11.7. The number of aromatic nitrogens is 2. The summed E-state index contributed by atoms with van der Waals surface area (Å²) in [5, 5.41) is 10.8. The molecule has 2 unspecified atom stereocenters. The zero-order chi connectivity index (χ0) is 23.3. The van der Waals surface area contributed by atoms with Gasteiger partial charge in [-0.2, -0.15) is 0 Å². The van der Waals surface area contributed by atoms with E-state index in [9.17, 15) is 4.79 Å². The van der Waals surface area contributed by atoms with Crippen LogP contribution in [-0.4, -0.2) is 48.4 Å². The molecule has 2 aliphatic heterocycles. The first kappa shape index (κ1) is 21.1. The lowest BCUT2D eigenvalue weighted by Gasteiger charge is -2.45. The predicted molar refractivity (Wildman–Crippen MR) is 127 cm³/mol. The van der Waals surface area contributed by atoms with E-state index in [0.29, 0.717) is 41.4 Å². The molecule has 2 aromatic heterocycles. The van der Waals surface area contributed by atoms with E-state index in [0.717, 1.165) is 49.0 Å². The Bertz CT molecular complexity index is 1290. The third-order valence-electron chi connectivity index (χ3n) is 7.39. The zero-order valence-electron chi connectivity index (χ0n) is 18.9. The normalized spacial score (nSPS) is 23.1. The van der Waals surface area contributed by atoms with E-state index < -0.39 is 6.09 Å². The summed E-state index contributed by atoms with van der Waals surface area (Å²) in [7, 11) is 0. The molecule has 0 radical (unpaired) electrons. The van der Waals surface area contributed by atoms with Gasteiger partial charge in [-0.1, -0.05) is 0 Å². The number of anilines is 2. The van der Waals surface area contributed by atoms with E-state index in [1.807, 2.05) is 6.92 Å². The van der Waals surface area contributed by atoms with Gasteiger partial charge in [0.2, 0.25) is 5.88 Å². The number of carbonyl (C=O) groups excluding carboxylic acids is 1. The molecule has 6 rings (SSSR count). The maximum atomic E-state index is 15.1. The molecule has 8 nitrogen and oxygen atoms in total. The van der Waals surface area contributed by atoms with Gasteiger partial charge in [-0.25, -0.2) is 19.2 Å². The van der Waals surface area contributed by atoms with Gasteiger partial charge in [-0.05, 0) is 61.9 Å². The van der Waals surface area contributed by atoms with Gasteiger partial charge in [0.1, 0.15) is 30.0 Å². The summed E-state index contributed by atoms with van der Waals surface area (Å²) in [6.07, 6.45) is 5.61. The Kier molecular flexibility index (Phi) is 5.02. The second-order valence-electron chi connectivity index (χ2n) is 9.35. The van der Waals surface area contributed by atoms with Crippen LogP contribution in [0.5, 0.6) is 5.88 Å². The quantitative estimate of drug-likeness (QED) is 0.535. The number of rotatable bonds is 3. The number of pyridine rings is 2. The SMILES string of the molecule is Cc1c(-c2cc3cc(NC(=O)OC4CCC45CCNC5)ncc3cc2F)cnc2c1NCCO2. The Morgan fingerprint density at radius 1 is 1.18 bits per heavy atom. The van der Waals surface area contributed by atoms with Crippen molar-refractivity contribution in [1.82, 2.24) is 15.3 Å². The molecule has 0 bridgehead atoms. The number of halogens is 1. The van der Waals surface area contributed by atoms with Crippen LogP contribution in [0, 0.1) is 18.2 Å². The molecular weight excluding hydrogens is 437 g/mol. The zero-order valence-corrected chi connectivity index (χ0v) is 18.9. The summed E-state index contributed by atoms with van der Waals surface area (Å²) in [6, 6.07) is 4.94. The van der Waals surface area contributed by atoms with Gasteiger partial charge in [0.25, 0.3) is 0 Å². The van der Waals surface area contributed by atoms with Crippen LogP contribution >= 0.6 is 0 Å². The maximum Gasteiger partial charge on any atom is 0.413 e. The largest absolute Gasteiger partial charge is 0.474 e. The second kappa shape index (κ2) is 8.09. The van der Waals surface area contributed by atoms with Crippen LogP contribution in [0.1, 0.15) is 24.8 Å². The summed E-state index contributed by atoms with van der Waals surface area (Å²) >= 11 is 0. The van der Waals surface area contributed by atoms with E-state index in [1.165, 1.54) is 6.07 Å². The summed E-state index contributed by atoms with van der Waals surface area (Å²) in [6.45, 7) is 5.01. The highest BCUT2D eigenvalue weighted by Gasteiger charge is 2.50. The number of ether oxygens (including phenoxy) is 2. The molecule has 1 saturated carbocycles. The lowest BCUT2D eigenvalue weighted by molar-refractivity contribution is -0.0554. The minimum atomic E-state index is -0.508. The number of nitrogens with one attached hydrogen (secondary N) is 3. The predicted octanol–water partition coefficient (Wildman–Crippen LogP) is 4.24. The molecule has 1 spiro atoms. The van der Waals surface area contributed by atoms with Crippen LogP contribution in [0.4, 0.5) is 20.7 Å². The van der Waals surface area contributed by atoms with Gasteiger partial charge in [-0.15, -0.1) is 0 Å². The van der Waals surface area contributed by atoms with Crippen molar-refractivity contribution in [1.29, 1.82) is 0 Å². The van der Waals surface area contributed by atoms with E-state index in [4.69, 9.17) is 9.47 Å². The van der Waals surface area contributed by atoms with Crippen molar-refractivity contribution >= 4 is 28.4 Å². The minimum absolute atomic E-state index is 0.0688. The van der Waals surface area contributed by atoms with E-state index in [1.54, 1.807) is 24.5 Å². The molecule has 1 amide bonds. The van der Waals surface area contributed by atoms with Crippen molar-refractivity contribution in [2.45, 2.75) is 32.3 Å². The molecule has 3 aliphatic rings. The molecular formula is C25H26FN5O3. The molecule has 4 heterocycles. The summed E-state index contributed by atoms with van der Waals surface area (Å²) < 4.78 is 26.4. The van der Waals surface area contributed by atoms with Gasteiger partial charge < -0.3 is 20.1 Å². The van der Waals surface area contributed by atoms with Crippen molar-refractivity contribution < 1.29 is 18.7 Å². The Morgan fingerprint density at radius 3 is 2.88 bits per heavy atom. The number of hydrogen-bond donors (Lipinski definition) is 3. The summed E-state index contributed by atoms with van der Waals surface area (Å²) in [4.78, 5) is 21.2. The lowest BCUT2D eigenvalue weighted by Crippen LogP contribution is -2.49. The third-order valence-corrected chi connectivity index (χ3v) is 7.39. The number of fused-ring (bicyclic) bond motifs is 2. The fraction of sp³-hybridized carbons (Fsp3) is 0.400. The molecule has 1 saturated heterocycles. The molecule has 9 heteroatoms. The van der Waals surface area contributed by atoms with Crippen LogP contribution < -0.4 is 20.7 Å². The van der Waals surface area contributed by atoms with Crippen molar-refractivity contribution in [2.75, 3.05) is 36.9 Å². The average molecular weight is 464 g/mol. The molecule has 1 aliphatic carbocycles. The van der Waals surface area contributed by atoms with Gasteiger partial charge >= 0.3 is 6.09 Å². The van der Waals surface area contributed by atoms with E-state index in [-0.39, 0.29) is 17.3 Å². The van der Waals surface area contributed by atoms with Crippen LogP contribution in [-0.2, 0) is 4.74 Å². The number of benzene rings is 1. The Hall–Kier alpha value is -3.46. The molecule has 1 aromatic carbocycles. The number of amides is 1. The first-order valence-corrected chi connectivity index (χ1v) is 11.7. The average Bonchev–Trinajstić information content (AvgIpc) is 3.35. The van der Waals surface area contributed by atoms with Crippen LogP contribution in [0.25, 0.3) is 21.9 Å². The van der Waals surface area contributed by atoms with Crippen molar-refractivity contribution in [3.05, 3.63) is 42.0 Å². The Balaban J connectivity index is 1.26. The smallest absolute Gasteiger partial charge is 0.413 e. The summed E-state index contributed by atoms with van der Waals surface area (Å²) in [5.41, 5.74) is 2.85. The maximum absolute atomic E-state index is 15.1. The summed E-state index contributed by atoms with van der Waals surface area (Å²) in [5.74, 6) is 0.532. The molecule has 2 atom stereocenters. The molecule has 34 heavy (non-hydrogen) atoms. The Labute approximate surface area is 196 Å². The van der Waals surface area contributed by atoms with Crippen molar-refractivity contribution in [2.24, 2.45) is 5.41 Å². The molecule has 176 valence electrons. The number of nitrogens with zero attached hydrogens (tertiary/aromatic N) is 2. The topological polar surface area (TPSA) is 97.4 Å². The van der Waals surface area contributed by atoms with Crippen LogP contribution in [0.2, 0.25) is 0 Å². The van der Waals surface area contributed by atoms with Gasteiger partial charge in [0, 0.05) is 47.4 Å². The highest BCUT2D eigenvalue weighted by Crippen LogP contribution is 2.47. The van der Waals surface area contributed by atoms with Crippen LogP contribution in [0.3, 0.4) is 0 Å². The lowest BCUT2D eigenvalue weighted by atomic mass is 9.65. The number of carbonyl (C=O) groups is 1. The molecule has 3 N–H and O–H groups in total. The second-order valence-corrected chi connectivity index (χ2v) is 9.35. The fourth-order valence-electron chi connectivity index (χ4n) is 5.30. The fourth-order valence-corrected chi connectivity index (χ4v) is 5.30. The Morgan fingerprint density at radius 2 is 2.09 bits per heavy atom. The van der Waals surface area contributed by atoms with Gasteiger partial charge in [0.15, 0.2) is 0 Å². The van der Waals surface area contributed by atoms with Crippen molar-refractivity contribution in [3.8, 4) is 17.0 Å². The van der Waals surface area contributed by atoms with Crippen LogP contribution in [0.15, 0.2) is 30.6 Å². The highest BCUT2D eigenvalue weighted by atomic mass is 19.1. The van der Waals surface area contributed by atoms with E-state index in [2.05, 4.69) is 25.9 Å². The standard InChI is InChI=1S/C25H26FN5O3/c1-14-18(12-30-23-22(14)28-6-7-33-23)17-8-15-10-21(29-11-16(15)9-19(17)26)31-24(32)34-20-2-3-25(20)4-5-27-13-25/h8-12,20,27-28H,2-7,13H2,1H3,(H,29,31,32). The third kappa shape index (κ3) is 3.51. The molecule has 2 fully saturated rings. The highest BCUT2D eigenvalue weighted by molar-refractivity contribution is 5.92. The minimum Gasteiger partial charge on any atom is -0.474 e. The van der Waals surface area contributed by atoms with Gasteiger partial charge in [0.05, 0.1) is 0 Å². The first-order chi connectivity index (χ1) is 16.5. The van der Waals surface area contributed by atoms with E-state index >= 15 is 4.39 Å².